The molecule has 0 aliphatic carbocycles. The van der Waals surface area contributed by atoms with Gasteiger partial charge in [0.15, 0.2) is 12.1 Å². The van der Waals surface area contributed by atoms with E-state index in [1.165, 1.54) is 6.92 Å². The van der Waals surface area contributed by atoms with Crippen LogP contribution >= 0.6 is 10.7 Å². The van der Waals surface area contributed by atoms with Crippen LogP contribution in [0.15, 0.2) is 17.0 Å². The van der Waals surface area contributed by atoms with Crippen LogP contribution in [-0.2, 0) is 9.05 Å². The molecule has 0 N–H and O–H groups in total. The molecule has 80 valence electrons. The smallest absolute Gasteiger partial charge is 0.261 e. The van der Waals surface area contributed by atoms with Crippen molar-refractivity contribution in [2.24, 2.45) is 0 Å². The van der Waals surface area contributed by atoms with Crippen molar-refractivity contribution < 1.29 is 18.0 Å². The summed E-state index contributed by atoms with van der Waals surface area (Å²) in [6.07, 6.45) is 0.345. The molecule has 1 heterocycles. The first-order valence-electron chi connectivity index (χ1n) is 3.77. The van der Waals surface area contributed by atoms with Gasteiger partial charge in [0.1, 0.15) is 11.4 Å². The highest BCUT2D eigenvalue weighted by molar-refractivity contribution is 8.13. The van der Waals surface area contributed by atoms with Gasteiger partial charge in [-0.3, -0.25) is 9.59 Å². The summed E-state index contributed by atoms with van der Waals surface area (Å²) in [5.74, 6) is -0.444. The quantitative estimate of drug-likeness (QED) is 0.453. The second-order valence-corrected chi connectivity index (χ2v) is 5.29. The fourth-order valence-electron chi connectivity index (χ4n) is 0.907. The van der Waals surface area contributed by atoms with Gasteiger partial charge in [-0.1, -0.05) is 0 Å². The molecule has 1 aromatic heterocycles. The number of carbonyl (C=O) groups excluding carboxylic acids is 2. The number of hydrogen-bond donors (Lipinski definition) is 0. The summed E-state index contributed by atoms with van der Waals surface area (Å²) in [7, 11) is 1.11. The zero-order valence-corrected chi connectivity index (χ0v) is 9.17. The summed E-state index contributed by atoms with van der Waals surface area (Å²) >= 11 is 0. The van der Waals surface area contributed by atoms with Crippen LogP contribution in [0.5, 0.6) is 0 Å². The van der Waals surface area contributed by atoms with Gasteiger partial charge in [0, 0.05) is 17.6 Å². The number of hydrogen-bond acceptors (Lipinski definition) is 5. The van der Waals surface area contributed by atoms with E-state index in [2.05, 4.69) is 4.98 Å². The molecule has 5 nitrogen and oxygen atoms in total. The van der Waals surface area contributed by atoms with Gasteiger partial charge in [-0.2, -0.15) is 0 Å². The van der Waals surface area contributed by atoms with Crippen molar-refractivity contribution in [2.75, 3.05) is 0 Å². The molecule has 1 rings (SSSR count). The average molecular weight is 248 g/mol. The lowest BCUT2D eigenvalue weighted by Crippen LogP contribution is -2.03. The van der Waals surface area contributed by atoms with Crippen LogP contribution in [0, 0.1) is 0 Å². The third-order valence-corrected chi connectivity index (χ3v) is 2.91. The van der Waals surface area contributed by atoms with E-state index in [9.17, 15) is 18.0 Å². The number of halogens is 1. The lowest BCUT2D eigenvalue weighted by atomic mass is 10.2. The predicted molar refractivity (Wildman–Crippen MR) is 52.7 cm³/mol. The van der Waals surface area contributed by atoms with Crippen molar-refractivity contribution in [3.63, 3.8) is 0 Å². The van der Waals surface area contributed by atoms with Crippen molar-refractivity contribution >= 4 is 31.8 Å². The molecule has 0 radical (unpaired) electrons. The number of nitrogens with zero attached hydrogens (tertiary/aromatic N) is 1. The Morgan fingerprint density at radius 3 is 2.47 bits per heavy atom. The molecule has 0 saturated heterocycles. The van der Waals surface area contributed by atoms with Crippen LogP contribution in [0.2, 0.25) is 0 Å². The number of aromatic nitrogens is 1. The van der Waals surface area contributed by atoms with Crippen molar-refractivity contribution in [1.29, 1.82) is 0 Å². The largest absolute Gasteiger partial charge is 0.296 e. The van der Waals surface area contributed by atoms with Gasteiger partial charge in [0.2, 0.25) is 0 Å². The Hall–Kier alpha value is -1.27. The van der Waals surface area contributed by atoms with E-state index < -0.39 is 14.8 Å². The minimum Gasteiger partial charge on any atom is -0.296 e. The molecule has 0 atom stereocenters. The van der Waals surface area contributed by atoms with Gasteiger partial charge < -0.3 is 0 Å². The number of aldehydes is 1. The maximum absolute atomic E-state index is 11.0. The molecule has 1 aromatic rings. The van der Waals surface area contributed by atoms with E-state index in [1.54, 1.807) is 0 Å². The van der Waals surface area contributed by atoms with Gasteiger partial charge >= 0.3 is 0 Å². The van der Waals surface area contributed by atoms with Crippen molar-refractivity contribution in [3.05, 3.63) is 23.5 Å². The first-order valence-corrected chi connectivity index (χ1v) is 6.08. The molecule has 15 heavy (non-hydrogen) atoms. The summed E-state index contributed by atoms with van der Waals surface area (Å²) in [6.45, 7) is 1.21. The number of ketones is 1. The van der Waals surface area contributed by atoms with E-state index in [4.69, 9.17) is 10.7 Å². The SMILES string of the molecule is CC(=O)c1cc(S(=O)(=O)Cl)cc(C=O)n1. The highest BCUT2D eigenvalue weighted by Crippen LogP contribution is 2.16. The molecule has 0 saturated carbocycles. The van der Waals surface area contributed by atoms with Crippen molar-refractivity contribution in [1.82, 2.24) is 4.98 Å². The Morgan fingerprint density at radius 2 is 2.07 bits per heavy atom. The van der Waals surface area contributed by atoms with Crippen LogP contribution < -0.4 is 0 Å². The molecule has 0 aliphatic rings. The predicted octanol–water partition coefficient (Wildman–Crippen LogP) is 1.02. The monoisotopic (exact) mass is 247 g/mol. The zero-order chi connectivity index (χ0) is 11.6. The highest BCUT2D eigenvalue weighted by Gasteiger charge is 2.15. The summed E-state index contributed by atoms with van der Waals surface area (Å²) in [6, 6.07) is 2.03. The van der Waals surface area contributed by atoms with Crippen LogP contribution in [0.1, 0.15) is 27.9 Å². The van der Waals surface area contributed by atoms with E-state index in [-0.39, 0.29) is 16.3 Å². The van der Waals surface area contributed by atoms with E-state index in [1.807, 2.05) is 0 Å². The van der Waals surface area contributed by atoms with Crippen LogP contribution in [0.4, 0.5) is 0 Å². The van der Waals surface area contributed by atoms with Gasteiger partial charge in [0.25, 0.3) is 9.05 Å². The molecule has 0 aromatic carbocycles. The Kier molecular flexibility index (Phi) is 3.21. The second kappa shape index (κ2) is 4.08. The molecular formula is C8H6ClNO4S. The number of pyridine rings is 1. The summed E-state index contributed by atoms with van der Waals surface area (Å²) < 4.78 is 22.0. The lowest BCUT2D eigenvalue weighted by Gasteiger charge is -2.00. The van der Waals surface area contributed by atoms with Crippen LogP contribution in [-0.4, -0.2) is 25.5 Å². The minimum atomic E-state index is -3.97. The fourth-order valence-corrected chi connectivity index (χ4v) is 1.69. The Bertz CT molecular complexity index is 523. The number of rotatable bonds is 3. The molecule has 7 heteroatoms. The second-order valence-electron chi connectivity index (χ2n) is 2.72. The Balaban J connectivity index is 3.50. The molecule has 0 spiro atoms. The van der Waals surface area contributed by atoms with Crippen LogP contribution in [0.25, 0.3) is 0 Å². The lowest BCUT2D eigenvalue weighted by molar-refractivity contribution is 0.101. The molecule has 0 amide bonds. The van der Waals surface area contributed by atoms with Gasteiger partial charge in [-0.25, -0.2) is 13.4 Å². The van der Waals surface area contributed by atoms with Gasteiger partial charge in [-0.05, 0) is 12.1 Å². The fraction of sp³-hybridized carbons (Fsp3) is 0.125. The molecule has 0 fully saturated rings. The molecule has 0 bridgehead atoms. The molecule has 0 unspecified atom stereocenters. The first-order chi connectivity index (χ1) is 6.84. The van der Waals surface area contributed by atoms with Crippen molar-refractivity contribution in [3.8, 4) is 0 Å². The maximum Gasteiger partial charge on any atom is 0.261 e. The number of Topliss-reactive ketones (excluding diaryl/α,β-unsaturated/α-hetero) is 1. The summed E-state index contributed by atoms with van der Waals surface area (Å²) in [4.78, 5) is 24.7. The van der Waals surface area contributed by atoms with Crippen molar-refractivity contribution in [2.45, 2.75) is 11.8 Å². The topological polar surface area (TPSA) is 81.2 Å². The highest BCUT2D eigenvalue weighted by atomic mass is 35.7. The first kappa shape index (κ1) is 11.8. The number of carbonyl (C=O) groups is 2. The van der Waals surface area contributed by atoms with E-state index in [0.29, 0.717) is 6.29 Å². The summed E-state index contributed by atoms with van der Waals surface area (Å²) in [5.41, 5.74) is -0.263. The minimum absolute atomic E-state index is 0.112. The molecule has 0 aliphatic heterocycles. The normalized spacial score (nSPS) is 11.1. The van der Waals surface area contributed by atoms with Gasteiger partial charge in [-0.15, -0.1) is 0 Å². The zero-order valence-electron chi connectivity index (χ0n) is 7.60. The Morgan fingerprint density at radius 1 is 1.47 bits per heavy atom. The molecular weight excluding hydrogens is 242 g/mol. The van der Waals surface area contributed by atoms with E-state index >= 15 is 0 Å². The van der Waals surface area contributed by atoms with E-state index in [0.717, 1.165) is 12.1 Å². The standard InChI is InChI=1S/C8H6ClNO4S/c1-5(12)8-3-7(15(9,13)14)2-6(4-11)10-8/h2-4H,1H3. The third-order valence-electron chi connectivity index (χ3n) is 1.58. The Labute approximate surface area is 90.5 Å². The van der Waals surface area contributed by atoms with Gasteiger partial charge in [0.05, 0.1) is 4.90 Å². The van der Waals surface area contributed by atoms with Crippen LogP contribution in [0.3, 0.4) is 0 Å². The average Bonchev–Trinajstić information content (AvgIpc) is 2.15. The maximum atomic E-state index is 11.0. The summed E-state index contributed by atoms with van der Waals surface area (Å²) in [5, 5.41) is 0. The third kappa shape index (κ3) is 2.84.